The van der Waals surface area contributed by atoms with Crippen LogP contribution in [-0.4, -0.2) is 58.8 Å². The molecule has 0 atom stereocenters. The summed E-state index contributed by atoms with van der Waals surface area (Å²) >= 11 is 0. The molecule has 3 aromatic rings. The lowest BCUT2D eigenvalue weighted by Crippen LogP contribution is -2.37. The topological polar surface area (TPSA) is 59.8 Å². The first-order valence-electron chi connectivity index (χ1n) is 12.5. The predicted molar refractivity (Wildman–Crippen MR) is 137 cm³/mol. The molecule has 0 saturated heterocycles. The van der Waals surface area contributed by atoms with Crippen molar-refractivity contribution in [2.75, 3.05) is 27.3 Å². The maximum Gasteiger partial charge on any atom is 0.254 e. The van der Waals surface area contributed by atoms with Crippen LogP contribution in [0.2, 0.25) is 0 Å². The summed E-state index contributed by atoms with van der Waals surface area (Å²) < 4.78 is 26.7. The van der Waals surface area contributed by atoms with E-state index in [0.717, 1.165) is 49.4 Å². The molecule has 7 nitrogen and oxygen atoms in total. The van der Waals surface area contributed by atoms with Gasteiger partial charge in [0.1, 0.15) is 17.3 Å². The number of ether oxygens (including phenoxy) is 2. The van der Waals surface area contributed by atoms with Crippen molar-refractivity contribution < 1.29 is 18.7 Å². The Bertz CT molecular complexity index is 1200. The number of benzene rings is 2. The van der Waals surface area contributed by atoms with Crippen LogP contribution < -0.4 is 9.47 Å². The van der Waals surface area contributed by atoms with E-state index >= 15 is 0 Å². The maximum atomic E-state index is 14.1. The second-order valence-corrected chi connectivity index (χ2v) is 9.42. The molecule has 36 heavy (non-hydrogen) atoms. The van der Waals surface area contributed by atoms with Gasteiger partial charge in [0.2, 0.25) is 0 Å². The van der Waals surface area contributed by atoms with Crippen molar-refractivity contribution >= 4 is 5.91 Å². The number of carbonyl (C=O) groups excluding carboxylic acids is 1. The van der Waals surface area contributed by atoms with Gasteiger partial charge >= 0.3 is 0 Å². The molecule has 0 unspecified atom stereocenters. The number of aromatic nitrogens is 2. The van der Waals surface area contributed by atoms with Gasteiger partial charge in [-0.2, -0.15) is 5.10 Å². The first-order chi connectivity index (χ1) is 17.3. The van der Waals surface area contributed by atoms with Gasteiger partial charge in [-0.05, 0) is 57.1 Å². The van der Waals surface area contributed by atoms with Gasteiger partial charge in [0, 0.05) is 42.7 Å². The normalized spacial score (nSPS) is 13.5. The van der Waals surface area contributed by atoms with Crippen LogP contribution in [0.5, 0.6) is 11.5 Å². The van der Waals surface area contributed by atoms with E-state index in [1.54, 1.807) is 38.5 Å². The summed E-state index contributed by atoms with van der Waals surface area (Å²) in [5.74, 6) is 0.693. The fourth-order valence-corrected chi connectivity index (χ4v) is 4.74. The Morgan fingerprint density at radius 1 is 1.14 bits per heavy atom. The quantitative estimate of drug-likeness (QED) is 0.426. The van der Waals surface area contributed by atoms with Crippen molar-refractivity contribution in [1.29, 1.82) is 0 Å². The fraction of sp³-hybridized carbons (Fsp3) is 0.429. The summed E-state index contributed by atoms with van der Waals surface area (Å²) in [6.45, 7) is 9.21. The smallest absolute Gasteiger partial charge is 0.254 e. The molecular weight excluding hydrogens is 459 g/mol. The van der Waals surface area contributed by atoms with Crippen LogP contribution in [0, 0.1) is 5.82 Å². The van der Waals surface area contributed by atoms with E-state index in [-0.39, 0.29) is 17.8 Å². The van der Waals surface area contributed by atoms with Gasteiger partial charge in [0.25, 0.3) is 5.91 Å². The van der Waals surface area contributed by atoms with E-state index in [0.29, 0.717) is 29.3 Å². The van der Waals surface area contributed by atoms with E-state index in [9.17, 15) is 9.18 Å². The van der Waals surface area contributed by atoms with Crippen molar-refractivity contribution in [3.05, 3.63) is 70.8 Å². The average molecular weight is 495 g/mol. The zero-order valence-electron chi connectivity index (χ0n) is 21.8. The number of rotatable bonds is 9. The maximum absolute atomic E-state index is 14.1. The third-order valence-electron chi connectivity index (χ3n) is 6.61. The molecule has 0 N–H and O–H groups in total. The van der Waals surface area contributed by atoms with Crippen LogP contribution in [0.25, 0.3) is 5.69 Å². The number of nitrogens with zero attached hydrogens (tertiary/aromatic N) is 4. The second kappa shape index (κ2) is 11.1. The lowest BCUT2D eigenvalue weighted by Gasteiger charge is -2.29. The van der Waals surface area contributed by atoms with Crippen molar-refractivity contribution in [3.8, 4) is 17.2 Å². The highest BCUT2D eigenvalue weighted by molar-refractivity contribution is 5.95. The number of amides is 1. The Balaban J connectivity index is 1.73. The highest BCUT2D eigenvalue weighted by atomic mass is 19.1. The molecule has 192 valence electrons. The Morgan fingerprint density at radius 2 is 1.86 bits per heavy atom. The van der Waals surface area contributed by atoms with Crippen LogP contribution >= 0.6 is 0 Å². The summed E-state index contributed by atoms with van der Waals surface area (Å²) in [4.78, 5) is 17.9. The van der Waals surface area contributed by atoms with Crippen LogP contribution in [0.1, 0.15) is 54.5 Å². The number of carbonyl (C=O) groups is 1. The van der Waals surface area contributed by atoms with E-state index in [4.69, 9.17) is 14.6 Å². The highest BCUT2D eigenvalue weighted by Crippen LogP contribution is 2.29. The molecule has 1 aliphatic rings. The summed E-state index contributed by atoms with van der Waals surface area (Å²) in [6.07, 6.45) is 1.89. The molecular formula is C28H35FN4O3. The molecule has 2 heterocycles. The van der Waals surface area contributed by atoms with Gasteiger partial charge < -0.3 is 14.4 Å². The minimum Gasteiger partial charge on any atom is -0.497 e. The fourth-order valence-electron chi connectivity index (χ4n) is 4.74. The first kappa shape index (κ1) is 25.7. The number of fused-ring (bicyclic) bond motifs is 1. The predicted octanol–water partition coefficient (Wildman–Crippen LogP) is 4.85. The van der Waals surface area contributed by atoms with Gasteiger partial charge in [0.15, 0.2) is 0 Å². The monoisotopic (exact) mass is 494 g/mol. The summed E-state index contributed by atoms with van der Waals surface area (Å²) in [5, 5.41) is 4.94. The van der Waals surface area contributed by atoms with Crippen molar-refractivity contribution in [2.24, 2.45) is 0 Å². The molecule has 2 aromatic carbocycles. The zero-order valence-corrected chi connectivity index (χ0v) is 21.8. The third kappa shape index (κ3) is 5.38. The Hall–Kier alpha value is -3.39. The molecule has 0 bridgehead atoms. The standard InChI is InChI=1S/C28H35FN4O3/c1-6-11-31-12-10-27-25(17-31)26(30-33(27)22-9-7-8-21(29)15-22)18-32(19(2)3)28(34)20-13-23(35-4)16-24(14-20)36-5/h7-9,13-16,19H,6,10-12,17-18H2,1-5H3. The Labute approximate surface area is 212 Å². The molecule has 0 saturated carbocycles. The summed E-state index contributed by atoms with van der Waals surface area (Å²) in [7, 11) is 3.13. The van der Waals surface area contributed by atoms with Crippen molar-refractivity contribution in [1.82, 2.24) is 19.6 Å². The summed E-state index contributed by atoms with van der Waals surface area (Å²) in [6, 6.07) is 11.6. The number of hydrogen-bond acceptors (Lipinski definition) is 5. The first-order valence-corrected chi connectivity index (χ1v) is 12.5. The van der Waals surface area contributed by atoms with Gasteiger partial charge in [0.05, 0.1) is 37.8 Å². The Kier molecular flexibility index (Phi) is 7.94. The lowest BCUT2D eigenvalue weighted by atomic mass is 10.0. The molecule has 4 rings (SSSR count). The minimum atomic E-state index is -0.298. The molecule has 0 radical (unpaired) electrons. The molecule has 0 fully saturated rings. The molecule has 1 aromatic heterocycles. The highest BCUT2D eigenvalue weighted by Gasteiger charge is 2.29. The van der Waals surface area contributed by atoms with Gasteiger partial charge in [-0.1, -0.05) is 13.0 Å². The van der Waals surface area contributed by atoms with E-state index < -0.39 is 0 Å². The van der Waals surface area contributed by atoms with E-state index in [2.05, 4.69) is 11.8 Å². The zero-order chi connectivity index (χ0) is 25.8. The van der Waals surface area contributed by atoms with Crippen LogP contribution in [0.4, 0.5) is 4.39 Å². The molecule has 1 amide bonds. The van der Waals surface area contributed by atoms with E-state index in [1.807, 2.05) is 29.5 Å². The van der Waals surface area contributed by atoms with Gasteiger partial charge in [-0.15, -0.1) is 0 Å². The largest absolute Gasteiger partial charge is 0.497 e. The molecule has 0 spiro atoms. The lowest BCUT2D eigenvalue weighted by molar-refractivity contribution is 0.0685. The van der Waals surface area contributed by atoms with Crippen molar-refractivity contribution in [3.63, 3.8) is 0 Å². The molecule has 0 aliphatic carbocycles. The second-order valence-electron chi connectivity index (χ2n) is 9.42. The summed E-state index contributed by atoms with van der Waals surface area (Å²) in [5.41, 5.74) is 4.24. The van der Waals surface area contributed by atoms with Gasteiger partial charge in [-0.3, -0.25) is 9.69 Å². The third-order valence-corrected chi connectivity index (χ3v) is 6.61. The van der Waals surface area contributed by atoms with Gasteiger partial charge in [-0.25, -0.2) is 9.07 Å². The van der Waals surface area contributed by atoms with Crippen LogP contribution in [0.15, 0.2) is 42.5 Å². The number of hydrogen-bond donors (Lipinski definition) is 0. The van der Waals surface area contributed by atoms with Crippen LogP contribution in [0.3, 0.4) is 0 Å². The van der Waals surface area contributed by atoms with Crippen molar-refractivity contribution in [2.45, 2.75) is 52.7 Å². The van der Waals surface area contributed by atoms with Crippen LogP contribution in [-0.2, 0) is 19.5 Å². The minimum absolute atomic E-state index is 0.0694. The number of methoxy groups -OCH3 is 2. The Morgan fingerprint density at radius 3 is 2.47 bits per heavy atom. The van der Waals surface area contributed by atoms with E-state index in [1.165, 1.54) is 12.1 Å². The average Bonchev–Trinajstić information content (AvgIpc) is 3.24. The number of halogens is 1. The SMILES string of the molecule is CCCN1CCc2c(c(CN(C(=O)c3cc(OC)cc(OC)c3)C(C)C)nn2-c2cccc(F)c2)C1. The molecule has 8 heteroatoms. The molecule has 1 aliphatic heterocycles.